The zero-order valence-corrected chi connectivity index (χ0v) is 16.1. The number of nitrogens with one attached hydrogen (secondary N) is 1. The topological polar surface area (TPSA) is 105 Å². The average Bonchev–Trinajstić information content (AvgIpc) is 2.60. The zero-order valence-electron chi connectivity index (χ0n) is 16.1. The number of nitrogens with zero attached hydrogens (tertiary/aromatic N) is 3. The Morgan fingerprint density at radius 2 is 1.78 bits per heavy atom. The number of carbonyl (C=O) groups is 2. The largest absolute Gasteiger partial charge is 0.326 e. The molecular formula is C20H22N4O3. The maximum Gasteiger partial charge on any atom is 0.285 e. The van der Waals surface area contributed by atoms with Gasteiger partial charge in [0.15, 0.2) is 5.78 Å². The molecule has 2 aromatic rings. The van der Waals surface area contributed by atoms with E-state index in [2.05, 4.69) is 10.4 Å². The van der Waals surface area contributed by atoms with Crippen molar-refractivity contribution in [3.05, 3.63) is 57.0 Å². The van der Waals surface area contributed by atoms with Gasteiger partial charge in [-0.1, -0.05) is 20.8 Å². The molecule has 1 aromatic carbocycles. The van der Waals surface area contributed by atoms with E-state index in [1.165, 1.54) is 0 Å². The fourth-order valence-electron chi connectivity index (χ4n) is 2.30. The van der Waals surface area contributed by atoms with E-state index in [1.807, 2.05) is 26.8 Å². The molecule has 0 unspecified atom stereocenters. The molecule has 0 spiro atoms. The van der Waals surface area contributed by atoms with Gasteiger partial charge in [0.2, 0.25) is 5.91 Å². The Balaban J connectivity index is 2.21. The highest BCUT2D eigenvalue weighted by molar-refractivity contribution is 5.97. The highest BCUT2D eigenvalue weighted by Gasteiger charge is 2.21. The third-order valence-corrected chi connectivity index (χ3v) is 4.19. The van der Waals surface area contributed by atoms with Crippen LogP contribution >= 0.6 is 0 Å². The Labute approximate surface area is 157 Å². The summed E-state index contributed by atoms with van der Waals surface area (Å²) in [5.41, 5.74) is 0.903. The number of hydrogen-bond acceptors (Lipinski definition) is 5. The number of rotatable bonds is 4. The van der Waals surface area contributed by atoms with Gasteiger partial charge in [0.25, 0.3) is 5.56 Å². The summed E-state index contributed by atoms with van der Waals surface area (Å²) in [5, 5.41) is 16.0. The molecule has 0 aliphatic heterocycles. The van der Waals surface area contributed by atoms with Gasteiger partial charge in [0.1, 0.15) is 18.2 Å². The summed E-state index contributed by atoms with van der Waals surface area (Å²) in [6.45, 7) is 8.50. The predicted molar refractivity (Wildman–Crippen MR) is 102 cm³/mol. The summed E-state index contributed by atoms with van der Waals surface area (Å²) in [6.07, 6.45) is 0. The molecule has 2 rings (SSSR count). The summed E-state index contributed by atoms with van der Waals surface area (Å²) >= 11 is 0. The van der Waals surface area contributed by atoms with Gasteiger partial charge in [-0.15, -0.1) is 0 Å². The second-order valence-electron chi connectivity index (χ2n) is 7.36. The second-order valence-corrected chi connectivity index (χ2v) is 7.36. The first kappa shape index (κ1) is 20.0. The van der Waals surface area contributed by atoms with Crippen LogP contribution in [0.4, 0.5) is 5.69 Å². The number of amides is 1. The number of Topliss-reactive ketones (excluding diaryl/α,β-unsaturated/α-hetero) is 1. The lowest BCUT2D eigenvalue weighted by Crippen LogP contribution is -2.30. The van der Waals surface area contributed by atoms with E-state index in [9.17, 15) is 14.4 Å². The molecule has 0 atom stereocenters. The number of hydrogen-bond donors (Lipinski definition) is 1. The molecule has 0 saturated carbocycles. The van der Waals surface area contributed by atoms with Crippen LogP contribution in [0, 0.1) is 30.6 Å². The van der Waals surface area contributed by atoms with Crippen molar-refractivity contribution >= 4 is 17.4 Å². The standard InChI is InChI=1S/C20H22N4O3/c1-12-13(2)23-24(18(26)16(12)10-21)11-17(25)14-6-8-15(9-7-14)22-19(27)20(3,4)5/h6-9H,11H2,1-5H3,(H,22,27). The smallest absolute Gasteiger partial charge is 0.285 e. The van der Waals surface area contributed by atoms with Crippen molar-refractivity contribution in [3.8, 4) is 6.07 Å². The molecule has 1 aromatic heterocycles. The zero-order chi connectivity index (χ0) is 20.4. The molecule has 1 heterocycles. The number of carbonyl (C=O) groups excluding carboxylic acids is 2. The Bertz CT molecular complexity index is 990. The van der Waals surface area contributed by atoms with E-state index >= 15 is 0 Å². The molecule has 1 N–H and O–H groups in total. The molecule has 0 radical (unpaired) electrons. The van der Waals surface area contributed by atoms with E-state index in [0.29, 0.717) is 22.5 Å². The minimum atomic E-state index is -0.581. The van der Waals surface area contributed by atoms with Crippen LogP contribution in [-0.4, -0.2) is 21.5 Å². The fourth-order valence-corrected chi connectivity index (χ4v) is 2.30. The number of benzene rings is 1. The van der Waals surface area contributed by atoms with Gasteiger partial charge in [-0.3, -0.25) is 14.4 Å². The van der Waals surface area contributed by atoms with Crippen molar-refractivity contribution in [2.75, 3.05) is 5.32 Å². The molecule has 1 amide bonds. The summed E-state index contributed by atoms with van der Waals surface area (Å²) in [5.74, 6) is -0.443. The van der Waals surface area contributed by atoms with Crippen LogP contribution in [0.1, 0.15) is 48.0 Å². The monoisotopic (exact) mass is 366 g/mol. The average molecular weight is 366 g/mol. The fraction of sp³-hybridized carbons (Fsp3) is 0.350. The lowest BCUT2D eigenvalue weighted by Gasteiger charge is -2.17. The third kappa shape index (κ3) is 4.47. The molecule has 0 bridgehead atoms. The van der Waals surface area contributed by atoms with E-state index in [1.54, 1.807) is 38.1 Å². The van der Waals surface area contributed by atoms with Crippen molar-refractivity contribution in [2.24, 2.45) is 5.41 Å². The number of anilines is 1. The predicted octanol–water partition coefficient (Wildman–Crippen LogP) is 2.60. The quantitative estimate of drug-likeness (QED) is 0.838. The van der Waals surface area contributed by atoms with Crippen molar-refractivity contribution in [3.63, 3.8) is 0 Å². The second kappa shape index (κ2) is 7.54. The summed E-state index contributed by atoms with van der Waals surface area (Å²) in [7, 11) is 0. The lowest BCUT2D eigenvalue weighted by molar-refractivity contribution is -0.123. The Morgan fingerprint density at radius 3 is 2.30 bits per heavy atom. The molecular weight excluding hydrogens is 344 g/mol. The summed E-state index contributed by atoms with van der Waals surface area (Å²) in [4.78, 5) is 36.8. The van der Waals surface area contributed by atoms with E-state index in [0.717, 1.165) is 4.68 Å². The first-order valence-corrected chi connectivity index (χ1v) is 8.47. The summed E-state index contributed by atoms with van der Waals surface area (Å²) < 4.78 is 1.01. The molecule has 0 saturated heterocycles. The minimum Gasteiger partial charge on any atom is -0.326 e. The molecule has 27 heavy (non-hydrogen) atoms. The first-order chi connectivity index (χ1) is 12.5. The maximum atomic E-state index is 12.5. The highest BCUT2D eigenvalue weighted by atomic mass is 16.2. The van der Waals surface area contributed by atoms with Crippen LogP contribution < -0.4 is 10.9 Å². The van der Waals surface area contributed by atoms with E-state index < -0.39 is 11.0 Å². The van der Waals surface area contributed by atoms with E-state index in [4.69, 9.17) is 5.26 Å². The Morgan fingerprint density at radius 1 is 1.19 bits per heavy atom. The molecule has 7 nitrogen and oxygen atoms in total. The van der Waals surface area contributed by atoms with Crippen LogP contribution in [0.5, 0.6) is 0 Å². The van der Waals surface area contributed by atoms with Gasteiger partial charge in [0.05, 0.1) is 5.69 Å². The van der Waals surface area contributed by atoms with Crippen LogP contribution in [0.3, 0.4) is 0 Å². The van der Waals surface area contributed by atoms with Gasteiger partial charge in [-0.2, -0.15) is 10.4 Å². The molecule has 140 valence electrons. The van der Waals surface area contributed by atoms with E-state index in [-0.39, 0.29) is 23.8 Å². The van der Waals surface area contributed by atoms with Crippen molar-refractivity contribution in [1.82, 2.24) is 9.78 Å². The minimum absolute atomic E-state index is 0.00413. The molecule has 0 aliphatic rings. The third-order valence-electron chi connectivity index (χ3n) is 4.19. The van der Waals surface area contributed by atoms with Crippen molar-refractivity contribution in [2.45, 2.75) is 41.2 Å². The van der Waals surface area contributed by atoms with Gasteiger partial charge in [-0.25, -0.2) is 4.68 Å². The van der Waals surface area contributed by atoms with Crippen molar-refractivity contribution < 1.29 is 9.59 Å². The normalized spacial score (nSPS) is 11.0. The van der Waals surface area contributed by atoms with Gasteiger partial charge in [0, 0.05) is 16.7 Å². The van der Waals surface area contributed by atoms with Gasteiger partial charge in [-0.05, 0) is 43.7 Å². The van der Waals surface area contributed by atoms with Crippen LogP contribution in [-0.2, 0) is 11.3 Å². The number of aryl methyl sites for hydroxylation is 1. The lowest BCUT2D eigenvalue weighted by atomic mass is 9.95. The Kier molecular flexibility index (Phi) is 5.60. The number of aromatic nitrogens is 2. The number of nitriles is 1. The van der Waals surface area contributed by atoms with Gasteiger partial charge < -0.3 is 5.32 Å². The Hall–Kier alpha value is -3.27. The SMILES string of the molecule is Cc1nn(CC(=O)c2ccc(NC(=O)C(C)(C)C)cc2)c(=O)c(C#N)c1C. The molecule has 7 heteroatoms. The summed E-state index contributed by atoms with van der Waals surface area (Å²) in [6, 6.07) is 8.30. The van der Waals surface area contributed by atoms with Gasteiger partial charge >= 0.3 is 0 Å². The molecule has 0 aliphatic carbocycles. The van der Waals surface area contributed by atoms with Crippen molar-refractivity contribution in [1.29, 1.82) is 5.26 Å². The number of ketones is 1. The first-order valence-electron chi connectivity index (χ1n) is 8.47. The maximum absolute atomic E-state index is 12.5. The highest BCUT2D eigenvalue weighted by Crippen LogP contribution is 2.18. The van der Waals surface area contributed by atoms with Crippen LogP contribution in [0.2, 0.25) is 0 Å². The molecule has 0 fully saturated rings. The van der Waals surface area contributed by atoms with Crippen LogP contribution in [0.15, 0.2) is 29.1 Å². The van der Waals surface area contributed by atoms with Crippen LogP contribution in [0.25, 0.3) is 0 Å².